The van der Waals surface area contributed by atoms with Gasteiger partial charge in [0.25, 0.3) is 0 Å². The molecule has 8 heteroatoms. The van der Waals surface area contributed by atoms with Crippen LogP contribution in [0.25, 0.3) is 0 Å². The number of nitrogens with zero attached hydrogens (tertiary/aromatic N) is 1. The van der Waals surface area contributed by atoms with Crippen molar-refractivity contribution in [2.45, 2.75) is 51.6 Å². The number of ether oxygens (including phenoxy) is 2. The molecule has 0 aliphatic carbocycles. The van der Waals surface area contributed by atoms with Gasteiger partial charge in [0.15, 0.2) is 29.2 Å². The second-order valence-electron chi connectivity index (χ2n) is 10.6. The first-order chi connectivity index (χ1) is 19.8. The Bertz CT molecular complexity index is 1380. The van der Waals surface area contributed by atoms with Crippen LogP contribution in [-0.4, -0.2) is 52.6 Å². The average molecular weight is 560 g/mol. The fourth-order valence-corrected chi connectivity index (χ4v) is 5.41. The van der Waals surface area contributed by atoms with Crippen LogP contribution in [0.4, 0.5) is 0 Å². The third-order valence-electron chi connectivity index (χ3n) is 7.76. The predicted molar refractivity (Wildman–Crippen MR) is 159 cm³/mol. The zero-order valence-electron chi connectivity index (χ0n) is 23.8. The van der Waals surface area contributed by atoms with Crippen LogP contribution in [0.5, 0.6) is 23.0 Å². The monoisotopic (exact) mass is 559 g/mol. The Labute approximate surface area is 241 Å². The maximum atomic E-state index is 13.9. The highest BCUT2D eigenvalue weighted by molar-refractivity contribution is 5.87. The van der Waals surface area contributed by atoms with E-state index in [-0.39, 0.29) is 29.6 Å². The third-order valence-corrected chi connectivity index (χ3v) is 7.76. The number of H-pyrrole nitrogens is 1. The number of rotatable bonds is 15. The molecule has 0 fully saturated rings. The number of hydrogen-bond donors (Lipinski definition) is 4. The Hall–Kier alpha value is -4.17. The molecule has 1 aromatic heterocycles. The van der Waals surface area contributed by atoms with E-state index in [0.29, 0.717) is 37.2 Å². The molecule has 0 amide bonds. The molecule has 0 radical (unpaired) electrons. The number of ketones is 1. The minimum Gasteiger partial charge on any atom is -0.504 e. The summed E-state index contributed by atoms with van der Waals surface area (Å²) >= 11 is 0. The smallest absolute Gasteiger partial charge is 0.176 e. The fourth-order valence-electron chi connectivity index (χ4n) is 5.41. The number of aliphatic hydroxyl groups is 1. The SMILES string of the molecule is CCC1=C(C[C@@H](Cc2ccc(O)c(OC)c2)C(=O)C[C@@H](O)[C@H](Cc2cc[nH]c2)Cc2ccc(O)c(OC)c2)C=N[CH+]1. The zero-order valence-corrected chi connectivity index (χ0v) is 23.8. The van der Waals surface area contributed by atoms with Gasteiger partial charge < -0.3 is 29.8 Å². The Balaban J connectivity index is 1.56. The number of carbonyl (C=O) groups excluding carboxylic acids is 1. The summed E-state index contributed by atoms with van der Waals surface area (Å²) in [7, 11) is 3.00. The highest BCUT2D eigenvalue weighted by Gasteiger charge is 2.31. The molecular formula is C33H39N2O6+. The van der Waals surface area contributed by atoms with Gasteiger partial charge in [-0.1, -0.05) is 19.1 Å². The minimum atomic E-state index is -0.891. The molecule has 216 valence electrons. The molecule has 1 aliphatic rings. The largest absolute Gasteiger partial charge is 0.504 e. The number of aromatic amines is 1. The number of methoxy groups -OCH3 is 2. The summed E-state index contributed by atoms with van der Waals surface area (Å²) in [5.74, 6) is 0.148. The first-order valence-corrected chi connectivity index (χ1v) is 13.9. The number of aromatic nitrogens is 1. The topological polar surface area (TPSA) is 124 Å². The molecule has 41 heavy (non-hydrogen) atoms. The number of aliphatic imine (C=N–C) groups is 1. The average Bonchev–Trinajstić information content (AvgIpc) is 3.66. The standard InChI is InChI=1S/C33H38N2O6/c1-4-24-19-35-20-27(24)16-26(12-22-6-8-29(37)33(15-22)41-3)31(39)17-30(38)25(13-23-9-10-34-18-23)11-21-5-7-28(36)32(14-21)40-2/h5-10,14-15,18-20,25-26,30,34,38H,4,11-13,16-17H2,1-3H3,(H-,36,37)/p+1/t25-,26+,30+/m0/s1. The fraction of sp³-hybridized carbons (Fsp3) is 0.364. The number of aromatic hydroxyl groups is 2. The molecule has 0 bridgehead atoms. The predicted octanol–water partition coefficient (Wildman–Crippen LogP) is 5.37. The number of benzene rings is 2. The lowest BCUT2D eigenvalue weighted by Crippen LogP contribution is -2.30. The van der Waals surface area contributed by atoms with Gasteiger partial charge in [-0.15, -0.1) is 4.99 Å². The molecule has 8 nitrogen and oxygen atoms in total. The molecular weight excluding hydrogens is 520 g/mol. The Kier molecular flexibility index (Phi) is 10.1. The van der Waals surface area contributed by atoms with E-state index in [9.17, 15) is 20.1 Å². The molecule has 0 unspecified atom stereocenters. The Morgan fingerprint density at radius 2 is 1.56 bits per heavy atom. The molecule has 2 heterocycles. The first kappa shape index (κ1) is 29.8. The lowest BCUT2D eigenvalue weighted by molar-refractivity contribution is -0.125. The molecule has 4 rings (SSSR count). The van der Waals surface area contributed by atoms with Crippen LogP contribution in [-0.2, 0) is 24.1 Å². The molecule has 4 N–H and O–H groups in total. The van der Waals surface area contributed by atoms with E-state index in [1.165, 1.54) is 14.2 Å². The molecule has 0 spiro atoms. The highest BCUT2D eigenvalue weighted by Crippen LogP contribution is 2.32. The van der Waals surface area contributed by atoms with Gasteiger partial charge in [-0.05, 0) is 78.6 Å². The first-order valence-electron chi connectivity index (χ1n) is 13.9. The van der Waals surface area contributed by atoms with Crippen molar-refractivity contribution in [2.24, 2.45) is 16.8 Å². The van der Waals surface area contributed by atoms with Crippen LogP contribution in [0.2, 0.25) is 0 Å². The van der Waals surface area contributed by atoms with Crippen LogP contribution >= 0.6 is 0 Å². The van der Waals surface area contributed by atoms with E-state index in [4.69, 9.17) is 9.47 Å². The summed E-state index contributed by atoms with van der Waals surface area (Å²) in [6.45, 7) is 3.91. The lowest BCUT2D eigenvalue weighted by Gasteiger charge is -2.25. The zero-order chi connectivity index (χ0) is 29.4. The van der Waals surface area contributed by atoms with Crippen LogP contribution in [0.1, 0.15) is 42.9 Å². The summed E-state index contributed by atoms with van der Waals surface area (Å²) in [4.78, 5) is 21.3. The minimum absolute atomic E-state index is 0.000210. The Morgan fingerprint density at radius 3 is 2.15 bits per heavy atom. The summed E-state index contributed by atoms with van der Waals surface area (Å²) in [5.41, 5.74) is 4.94. The van der Waals surface area contributed by atoms with Gasteiger partial charge in [-0.2, -0.15) is 0 Å². The second-order valence-corrected chi connectivity index (χ2v) is 10.6. The van der Waals surface area contributed by atoms with Gasteiger partial charge in [0, 0.05) is 31.2 Å². The number of nitrogens with one attached hydrogen (secondary N) is 1. The molecule has 2 aromatic carbocycles. The van der Waals surface area contributed by atoms with Crippen molar-refractivity contribution in [1.29, 1.82) is 0 Å². The van der Waals surface area contributed by atoms with Gasteiger partial charge >= 0.3 is 0 Å². The second kappa shape index (κ2) is 13.9. The van der Waals surface area contributed by atoms with E-state index in [0.717, 1.165) is 34.3 Å². The van der Waals surface area contributed by atoms with E-state index in [1.807, 2.05) is 37.3 Å². The maximum Gasteiger partial charge on any atom is 0.176 e. The van der Waals surface area contributed by atoms with Crippen molar-refractivity contribution in [3.8, 4) is 23.0 Å². The summed E-state index contributed by atoms with van der Waals surface area (Å²) in [6, 6.07) is 12.3. The summed E-state index contributed by atoms with van der Waals surface area (Å²) in [6.07, 6.45) is 7.52. The summed E-state index contributed by atoms with van der Waals surface area (Å²) < 4.78 is 10.6. The number of carbonyl (C=O) groups is 1. The van der Waals surface area contributed by atoms with E-state index in [1.54, 1.807) is 30.3 Å². The van der Waals surface area contributed by atoms with E-state index < -0.39 is 12.0 Å². The van der Waals surface area contributed by atoms with E-state index in [2.05, 4.69) is 16.9 Å². The highest BCUT2D eigenvalue weighted by atomic mass is 16.5. The van der Waals surface area contributed by atoms with Gasteiger partial charge in [0.1, 0.15) is 17.9 Å². The number of phenolic OH excluding ortho intramolecular Hbond substituents is 2. The van der Waals surface area contributed by atoms with Crippen molar-refractivity contribution < 1.29 is 29.6 Å². The normalized spacial score (nSPS) is 14.9. The quantitative estimate of drug-likeness (QED) is 0.186. The van der Waals surface area contributed by atoms with Crippen LogP contribution in [0, 0.1) is 18.4 Å². The van der Waals surface area contributed by atoms with Crippen molar-refractivity contribution in [3.63, 3.8) is 0 Å². The molecule has 3 aromatic rings. The van der Waals surface area contributed by atoms with Crippen molar-refractivity contribution in [1.82, 2.24) is 4.98 Å². The number of hydrogen-bond acceptors (Lipinski definition) is 7. The van der Waals surface area contributed by atoms with E-state index >= 15 is 0 Å². The van der Waals surface area contributed by atoms with Gasteiger partial charge in [0.2, 0.25) is 0 Å². The van der Waals surface area contributed by atoms with Gasteiger partial charge in [-0.3, -0.25) is 4.79 Å². The van der Waals surface area contributed by atoms with Crippen LogP contribution in [0.15, 0.2) is 71.0 Å². The van der Waals surface area contributed by atoms with Crippen LogP contribution in [0.3, 0.4) is 0 Å². The molecule has 1 aliphatic heterocycles. The Morgan fingerprint density at radius 1 is 0.927 bits per heavy atom. The van der Waals surface area contributed by atoms with Crippen molar-refractivity contribution in [2.75, 3.05) is 14.2 Å². The molecule has 3 atom stereocenters. The van der Waals surface area contributed by atoms with Crippen LogP contribution < -0.4 is 9.47 Å². The number of phenols is 2. The lowest BCUT2D eigenvalue weighted by atomic mass is 9.81. The van der Waals surface area contributed by atoms with Crippen molar-refractivity contribution >= 4 is 12.0 Å². The van der Waals surface area contributed by atoms with Crippen molar-refractivity contribution in [3.05, 3.63) is 89.2 Å². The maximum absolute atomic E-state index is 13.9. The molecule has 0 saturated carbocycles. The number of aliphatic hydroxyl groups excluding tert-OH is 1. The van der Waals surface area contributed by atoms with Gasteiger partial charge in [-0.25, -0.2) is 0 Å². The van der Waals surface area contributed by atoms with Gasteiger partial charge in [0.05, 0.1) is 25.9 Å². The number of Topliss-reactive ketones (excluding diaryl/α,β-unsaturated/α-hetero) is 1. The number of allylic oxidation sites excluding steroid dienone is 1. The molecule has 0 saturated heterocycles. The third kappa shape index (κ3) is 7.73. The summed E-state index contributed by atoms with van der Waals surface area (Å²) in [5, 5.41) is 31.6.